The van der Waals surface area contributed by atoms with Crippen LogP contribution in [-0.4, -0.2) is 36.6 Å². The summed E-state index contributed by atoms with van der Waals surface area (Å²) in [5, 5.41) is 20.9. The van der Waals surface area contributed by atoms with Gasteiger partial charge in [0.05, 0.1) is 28.9 Å². The smallest absolute Gasteiger partial charge is 0.336 e. The molecule has 2 atom stereocenters. The minimum absolute atomic E-state index is 0.0198. The van der Waals surface area contributed by atoms with Crippen LogP contribution in [0.5, 0.6) is 5.88 Å². The fraction of sp³-hybridized carbons (Fsp3) is 0.300. The summed E-state index contributed by atoms with van der Waals surface area (Å²) in [6.45, 7) is 2.30. The van der Waals surface area contributed by atoms with E-state index in [-0.39, 0.29) is 29.6 Å². The quantitative estimate of drug-likeness (QED) is 0.738. The number of nitriles is 1. The highest BCUT2D eigenvalue weighted by Crippen LogP contribution is 2.48. The molecule has 4 heterocycles. The summed E-state index contributed by atoms with van der Waals surface area (Å²) >= 11 is 0. The second-order valence-electron chi connectivity index (χ2n) is 7.15. The van der Waals surface area contributed by atoms with Gasteiger partial charge in [-0.15, -0.1) is 0 Å². The number of pyridine rings is 1. The summed E-state index contributed by atoms with van der Waals surface area (Å²) < 4.78 is 2.87. The van der Waals surface area contributed by atoms with Crippen LogP contribution in [0.3, 0.4) is 0 Å². The maximum atomic E-state index is 13.2. The Morgan fingerprint density at radius 1 is 1.39 bits per heavy atom. The van der Waals surface area contributed by atoms with Gasteiger partial charge in [-0.05, 0) is 30.7 Å². The summed E-state index contributed by atoms with van der Waals surface area (Å²) in [5.74, 6) is -0.132. The van der Waals surface area contributed by atoms with Crippen LogP contribution in [0.15, 0.2) is 35.3 Å². The van der Waals surface area contributed by atoms with E-state index in [0.717, 1.165) is 0 Å². The van der Waals surface area contributed by atoms with Crippen LogP contribution in [0.2, 0.25) is 0 Å². The lowest BCUT2D eigenvalue weighted by Gasteiger charge is -2.27. The van der Waals surface area contributed by atoms with Gasteiger partial charge in [-0.3, -0.25) is 14.3 Å². The molecule has 1 aromatic carbocycles. The Kier molecular flexibility index (Phi) is 3.37. The summed E-state index contributed by atoms with van der Waals surface area (Å²) in [6.07, 6.45) is 2.63. The first-order chi connectivity index (χ1) is 13.6. The number of hydrogen-bond acceptors (Lipinski definition) is 5. The van der Waals surface area contributed by atoms with E-state index >= 15 is 0 Å². The number of hydrogen-bond donors (Lipinski definition) is 1. The number of aromatic hydroxyl groups is 1. The van der Waals surface area contributed by atoms with Gasteiger partial charge in [-0.2, -0.15) is 5.26 Å². The summed E-state index contributed by atoms with van der Waals surface area (Å²) in [6, 6.07) is 8.44. The lowest BCUT2D eigenvalue weighted by Crippen LogP contribution is -2.37. The molecule has 2 aromatic heterocycles. The van der Waals surface area contributed by atoms with Crippen molar-refractivity contribution in [1.29, 1.82) is 5.26 Å². The monoisotopic (exact) mass is 375 g/mol. The van der Waals surface area contributed by atoms with Crippen molar-refractivity contribution in [2.24, 2.45) is 0 Å². The molecule has 8 nitrogen and oxygen atoms in total. The Labute approximate surface area is 159 Å². The third-order valence-electron chi connectivity index (χ3n) is 5.79. The van der Waals surface area contributed by atoms with E-state index in [4.69, 9.17) is 0 Å². The molecule has 1 fully saturated rings. The second kappa shape index (κ2) is 5.70. The highest BCUT2D eigenvalue weighted by Gasteiger charge is 2.48. The highest BCUT2D eigenvalue weighted by atomic mass is 16.3. The zero-order chi connectivity index (χ0) is 19.6. The van der Waals surface area contributed by atoms with Crippen LogP contribution in [0.4, 0.5) is 0 Å². The molecule has 2 aliphatic rings. The number of carbonyl (C=O) groups excluding carboxylic acids is 1. The molecule has 2 aliphatic heterocycles. The molecule has 5 rings (SSSR count). The maximum Gasteiger partial charge on any atom is 0.336 e. The largest absolute Gasteiger partial charge is 0.493 e. The van der Waals surface area contributed by atoms with Crippen LogP contribution in [0.1, 0.15) is 43.1 Å². The van der Waals surface area contributed by atoms with Crippen LogP contribution >= 0.6 is 0 Å². The first kappa shape index (κ1) is 16.6. The predicted octanol–water partition coefficient (Wildman–Crippen LogP) is 2.00. The zero-order valence-electron chi connectivity index (χ0n) is 15.2. The molecule has 3 aromatic rings. The van der Waals surface area contributed by atoms with E-state index in [2.05, 4.69) is 11.1 Å². The van der Waals surface area contributed by atoms with Gasteiger partial charge in [0.2, 0.25) is 11.8 Å². The molecule has 0 aliphatic carbocycles. The highest BCUT2D eigenvalue weighted by molar-refractivity contribution is 5.91. The van der Waals surface area contributed by atoms with Crippen molar-refractivity contribution in [1.82, 2.24) is 19.0 Å². The first-order valence-electron chi connectivity index (χ1n) is 9.20. The van der Waals surface area contributed by atoms with Crippen molar-refractivity contribution in [2.75, 3.05) is 6.54 Å². The molecule has 1 saturated heterocycles. The molecule has 140 valence electrons. The average molecular weight is 375 g/mol. The Bertz CT molecular complexity index is 1250. The van der Waals surface area contributed by atoms with Crippen LogP contribution in [0.25, 0.3) is 16.6 Å². The number of amides is 1. The van der Waals surface area contributed by atoms with Gasteiger partial charge < -0.3 is 10.0 Å². The number of carbonyl (C=O) groups is 1. The second-order valence-corrected chi connectivity index (χ2v) is 7.15. The fourth-order valence-electron chi connectivity index (χ4n) is 4.58. The number of rotatable bonds is 2. The predicted molar refractivity (Wildman–Crippen MR) is 100 cm³/mol. The Balaban J connectivity index is 1.74. The van der Waals surface area contributed by atoms with Crippen LogP contribution < -0.4 is 5.69 Å². The lowest BCUT2D eigenvalue weighted by atomic mass is 10.1. The van der Waals surface area contributed by atoms with Gasteiger partial charge in [-0.25, -0.2) is 9.36 Å². The van der Waals surface area contributed by atoms with Crippen molar-refractivity contribution in [3.05, 3.63) is 52.2 Å². The Morgan fingerprint density at radius 3 is 2.96 bits per heavy atom. The standard InChI is InChI=1S/C20H17N5O3/c1-2-16(26)23-10-12-8-15(23)18-19(27)25(20(28)24(12)18)14-6-5-11(9-21)17-13(14)4-3-7-22-17/h3-7,12,15,27H,2,8,10H2,1H3. The number of fused-ring (bicyclic) bond motifs is 6. The van der Waals surface area contributed by atoms with Crippen molar-refractivity contribution in [3.8, 4) is 17.6 Å². The molecular formula is C20H17N5O3. The van der Waals surface area contributed by atoms with E-state index in [0.29, 0.717) is 47.2 Å². The molecule has 8 heteroatoms. The topological polar surface area (TPSA) is 104 Å². The van der Waals surface area contributed by atoms with Gasteiger partial charge >= 0.3 is 5.69 Å². The minimum atomic E-state index is -0.335. The SMILES string of the molecule is CCC(=O)N1CC2CC1c1c(O)n(-c3ccc(C#N)c4ncccc34)c(=O)n12. The molecule has 2 bridgehead atoms. The fourth-order valence-corrected chi connectivity index (χ4v) is 4.58. The zero-order valence-corrected chi connectivity index (χ0v) is 15.2. The molecular weight excluding hydrogens is 358 g/mol. The van der Waals surface area contributed by atoms with Crippen molar-refractivity contribution < 1.29 is 9.90 Å². The van der Waals surface area contributed by atoms with Crippen LogP contribution in [0, 0.1) is 11.3 Å². The normalized spacial score (nSPS) is 19.8. The average Bonchev–Trinajstić information content (AvgIpc) is 3.38. The summed E-state index contributed by atoms with van der Waals surface area (Å²) in [5.41, 5.74) is 1.51. The molecule has 0 saturated carbocycles. The minimum Gasteiger partial charge on any atom is -0.493 e. The number of aromatic nitrogens is 3. The number of benzene rings is 1. The molecule has 1 amide bonds. The third kappa shape index (κ3) is 1.96. The molecule has 28 heavy (non-hydrogen) atoms. The number of nitrogens with zero attached hydrogens (tertiary/aromatic N) is 5. The van der Waals surface area contributed by atoms with E-state index in [9.17, 15) is 20.0 Å². The lowest BCUT2D eigenvalue weighted by molar-refractivity contribution is -0.132. The third-order valence-corrected chi connectivity index (χ3v) is 5.79. The number of imidazole rings is 1. The Morgan fingerprint density at radius 2 is 2.21 bits per heavy atom. The van der Waals surface area contributed by atoms with E-state index in [1.807, 2.05) is 6.92 Å². The molecule has 0 radical (unpaired) electrons. The van der Waals surface area contributed by atoms with E-state index < -0.39 is 0 Å². The van der Waals surface area contributed by atoms with E-state index in [1.165, 1.54) is 4.57 Å². The summed E-state index contributed by atoms with van der Waals surface area (Å²) in [7, 11) is 0. The summed E-state index contributed by atoms with van der Waals surface area (Å²) in [4.78, 5) is 31.5. The van der Waals surface area contributed by atoms with E-state index in [1.54, 1.807) is 39.9 Å². The first-order valence-corrected chi connectivity index (χ1v) is 9.20. The van der Waals surface area contributed by atoms with Crippen LogP contribution in [-0.2, 0) is 4.79 Å². The molecule has 0 spiro atoms. The molecule has 2 unspecified atom stereocenters. The van der Waals surface area contributed by atoms with Crippen molar-refractivity contribution in [2.45, 2.75) is 31.8 Å². The van der Waals surface area contributed by atoms with Crippen molar-refractivity contribution >= 4 is 16.8 Å². The van der Waals surface area contributed by atoms with Gasteiger partial charge in [0.1, 0.15) is 11.8 Å². The van der Waals surface area contributed by atoms with Gasteiger partial charge in [0.15, 0.2) is 0 Å². The Hall–Kier alpha value is -3.60. The maximum absolute atomic E-state index is 13.2. The number of likely N-dealkylation sites (tertiary alicyclic amines) is 1. The van der Waals surface area contributed by atoms with Gasteiger partial charge in [-0.1, -0.05) is 6.92 Å². The van der Waals surface area contributed by atoms with Gasteiger partial charge in [0.25, 0.3) is 0 Å². The van der Waals surface area contributed by atoms with Gasteiger partial charge in [0, 0.05) is 24.5 Å². The molecule has 1 N–H and O–H groups in total. The van der Waals surface area contributed by atoms with Crippen molar-refractivity contribution in [3.63, 3.8) is 0 Å².